The highest BCUT2D eigenvalue weighted by Gasteiger charge is 2.34. The standard InChI is InChI=1S/C12H22N2O6S/c1-4-14(5-2)21(18,19)8-11(15)13-6-9(3)20-10(7-13)12(16)17/h9-10H,4-8H2,1-3H3,(H,16,17)/t9-,10?/m1/s1. The van der Waals surface area contributed by atoms with Crippen molar-refractivity contribution >= 4 is 21.9 Å². The summed E-state index contributed by atoms with van der Waals surface area (Å²) >= 11 is 0. The van der Waals surface area contributed by atoms with Crippen LogP contribution in [-0.2, 0) is 24.3 Å². The molecule has 0 aliphatic carbocycles. The van der Waals surface area contributed by atoms with E-state index in [1.54, 1.807) is 20.8 Å². The van der Waals surface area contributed by atoms with E-state index in [2.05, 4.69) is 0 Å². The van der Waals surface area contributed by atoms with Crippen LogP contribution < -0.4 is 0 Å². The summed E-state index contributed by atoms with van der Waals surface area (Å²) in [6.45, 7) is 5.69. The Hall–Kier alpha value is -1.19. The summed E-state index contributed by atoms with van der Waals surface area (Å²) in [5.74, 6) is -2.40. The summed E-state index contributed by atoms with van der Waals surface area (Å²) in [4.78, 5) is 24.3. The molecule has 1 amide bonds. The lowest BCUT2D eigenvalue weighted by Crippen LogP contribution is -2.53. The van der Waals surface area contributed by atoms with Gasteiger partial charge in [0.1, 0.15) is 5.75 Å². The number of hydrogen-bond acceptors (Lipinski definition) is 5. The lowest BCUT2D eigenvalue weighted by Gasteiger charge is -2.35. The molecule has 0 spiro atoms. The first kappa shape index (κ1) is 17.9. The number of carboxylic acids is 1. The van der Waals surface area contributed by atoms with E-state index in [4.69, 9.17) is 9.84 Å². The van der Waals surface area contributed by atoms with E-state index in [1.807, 2.05) is 0 Å². The molecule has 21 heavy (non-hydrogen) atoms. The van der Waals surface area contributed by atoms with E-state index < -0.39 is 39.9 Å². The average Bonchev–Trinajstić information content (AvgIpc) is 2.38. The number of carbonyl (C=O) groups is 2. The quantitative estimate of drug-likeness (QED) is 0.697. The Morgan fingerprint density at radius 2 is 1.86 bits per heavy atom. The number of nitrogens with zero attached hydrogens (tertiary/aromatic N) is 2. The van der Waals surface area contributed by atoms with Gasteiger partial charge in [-0.15, -0.1) is 0 Å². The topological polar surface area (TPSA) is 104 Å². The summed E-state index contributed by atoms with van der Waals surface area (Å²) < 4.78 is 30.6. The normalized spacial score (nSPS) is 23.3. The van der Waals surface area contributed by atoms with Crippen molar-refractivity contribution in [3.63, 3.8) is 0 Å². The molecule has 1 unspecified atom stereocenters. The second kappa shape index (κ2) is 7.19. The van der Waals surface area contributed by atoms with Gasteiger partial charge in [-0.1, -0.05) is 13.8 Å². The van der Waals surface area contributed by atoms with E-state index in [-0.39, 0.29) is 13.1 Å². The molecule has 1 aliphatic heterocycles. The zero-order valence-corrected chi connectivity index (χ0v) is 13.3. The number of amides is 1. The molecule has 0 saturated carbocycles. The van der Waals surface area contributed by atoms with Gasteiger partial charge in [-0.25, -0.2) is 17.5 Å². The van der Waals surface area contributed by atoms with Crippen LogP contribution in [0.4, 0.5) is 0 Å². The van der Waals surface area contributed by atoms with Gasteiger partial charge in [0.25, 0.3) is 0 Å². The number of carbonyl (C=O) groups excluding carboxylic acids is 1. The lowest BCUT2D eigenvalue weighted by molar-refractivity contribution is -0.165. The first-order valence-electron chi connectivity index (χ1n) is 6.85. The smallest absolute Gasteiger partial charge is 0.334 e. The third-order valence-electron chi connectivity index (χ3n) is 3.29. The van der Waals surface area contributed by atoms with Gasteiger partial charge in [0.15, 0.2) is 6.10 Å². The molecule has 0 bridgehead atoms. The summed E-state index contributed by atoms with van der Waals surface area (Å²) in [7, 11) is -3.67. The number of sulfonamides is 1. The Morgan fingerprint density at radius 1 is 1.29 bits per heavy atom. The number of hydrogen-bond donors (Lipinski definition) is 1. The van der Waals surface area contributed by atoms with Gasteiger partial charge < -0.3 is 14.7 Å². The highest BCUT2D eigenvalue weighted by molar-refractivity contribution is 7.89. The van der Waals surface area contributed by atoms with E-state index in [1.165, 1.54) is 9.21 Å². The van der Waals surface area contributed by atoms with Crippen LogP contribution in [0.3, 0.4) is 0 Å². The van der Waals surface area contributed by atoms with E-state index in [0.717, 1.165) is 0 Å². The third kappa shape index (κ3) is 4.65. The fourth-order valence-electron chi connectivity index (χ4n) is 2.25. The van der Waals surface area contributed by atoms with Crippen LogP contribution in [0.5, 0.6) is 0 Å². The lowest BCUT2D eigenvalue weighted by atomic mass is 10.2. The van der Waals surface area contributed by atoms with Gasteiger partial charge in [0.2, 0.25) is 15.9 Å². The Balaban J connectivity index is 2.77. The van der Waals surface area contributed by atoms with Crippen LogP contribution in [0.25, 0.3) is 0 Å². The molecule has 1 N–H and O–H groups in total. The van der Waals surface area contributed by atoms with Gasteiger partial charge in [-0.05, 0) is 6.92 Å². The molecule has 1 fully saturated rings. The second-order valence-electron chi connectivity index (χ2n) is 4.91. The summed E-state index contributed by atoms with van der Waals surface area (Å²) in [5, 5.41) is 8.96. The minimum atomic E-state index is -3.67. The third-order valence-corrected chi connectivity index (χ3v) is 5.21. The minimum Gasteiger partial charge on any atom is -0.479 e. The number of carboxylic acid groups (broad SMARTS) is 1. The number of ether oxygens (including phenoxy) is 1. The Kier molecular flexibility index (Phi) is 6.11. The molecule has 1 saturated heterocycles. The van der Waals surface area contributed by atoms with Gasteiger partial charge in [0.05, 0.1) is 12.6 Å². The van der Waals surface area contributed by atoms with Crippen molar-refractivity contribution in [1.82, 2.24) is 9.21 Å². The summed E-state index contributed by atoms with van der Waals surface area (Å²) in [6, 6.07) is 0. The predicted octanol–water partition coefficient (Wildman–Crippen LogP) is -0.641. The summed E-state index contributed by atoms with van der Waals surface area (Å²) in [6.07, 6.45) is -1.56. The van der Waals surface area contributed by atoms with Crippen molar-refractivity contribution in [3.8, 4) is 0 Å². The number of morpholine rings is 1. The van der Waals surface area contributed by atoms with E-state index in [0.29, 0.717) is 13.1 Å². The molecule has 0 aromatic carbocycles. The zero-order valence-electron chi connectivity index (χ0n) is 12.5. The first-order valence-corrected chi connectivity index (χ1v) is 8.46. The second-order valence-corrected chi connectivity index (χ2v) is 6.88. The maximum Gasteiger partial charge on any atom is 0.334 e. The van der Waals surface area contributed by atoms with Crippen LogP contribution in [0.2, 0.25) is 0 Å². The molecule has 1 aliphatic rings. The van der Waals surface area contributed by atoms with E-state index in [9.17, 15) is 18.0 Å². The molecule has 1 heterocycles. The van der Waals surface area contributed by atoms with Crippen molar-refractivity contribution in [1.29, 1.82) is 0 Å². The number of aliphatic carboxylic acids is 1. The Morgan fingerprint density at radius 3 is 2.33 bits per heavy atom. The van der Waals surface area contributed by atoms with Crippen molar-refractivity contribution in [2.24, 2.45) is 0 Å². The maximum atomic E-state index is 12.1. The molecular formula is C12H22N2O6S. The highest BCUT2D eigenvalue weighted by atomic mass is 32.2. The van der Waals surface area contributed by atoms with Crippen molar-refractivity contribution in [2.45, 2.75) is 33.0 Å². The molecule has 2 atom stereocenters. The van der Waals surface area contributed by atoms with E-state index >= 15 is 0 Å². The molecule has 9 heteroatoms. The van der Waals surface area contributed by atoms with Crippen LogP contribution in [0.1, 0.15) is 20.8 Å². The van der Waals surface area contributed by atoms with Gasteiger partial charge in [-0.2, -0.15) is 0 Å². The van der Waals surface area contributed by atoms with Gasteiger partial charge in [0, 0.05) is 19.6 Å². The summed E-state index contributed by atoms with van der Waals surface area (Å²) in [5.41, 5.74) is 0. The highest BCUT2D eigenvalue weighted by Crippen LogP contribution is 2.13. The van der Waals surface area contributed by atoms with Crippen LogP contribution in [-0.4, -0.2) is 78.7 Å². The SMILES string of the molecule is CCN(CC)S(=O)(=O)CC(=O)N1CC(C(=O)O)O[C@H](C)C1. The van der Waals surface area contributed by atoms with Gasteiger partial charge in [-0.3, -0.25) is 4.79 Å². The van der Waals surface area contributed by atoms with Crippen LogP contribution in [0, 0.1) is 0 Å². The number of rotatable bonds is 6. The predicted molar refractivity (Wildman–Crippen MR) is 75.3 cm³/mol. The fraction of sp³-hybridized carbons (Fsp3) is 0.833. The molecule has 0 aromatic heterocycles. The van der Waals surface area contributed by atoms with Gasteiger partial charge >= 0.3 is 5.97 Å². The molecule has 122 valence electrons. The van der Waals surface area contributed by atoms with Crippen molar-refractivity contribution in [3.05, 3.63) is 0 Å². The molecule has 0 radical (unpaired) electrons. The fourth-order valence-corrected chi connectivity index (χ4v) is 3.71. The van der Waals surface area contributed by atoms with Crippen LogP contribution in [0.15, 0.2) is 0 Å². The minimum absolute atomic E-state index is 0.133. The Labute approximate surface area is 124 Å². The molecule has 0 aromatic rings. The molecular weight excluding hydrogens is 300 g/mol. The maximum absolute atomic E-state index is 12.1. The molecule has 1 rings (SSSR count). The average molecular weight is 322 g/mol. The first-order chi connectivity index (χ1) is 9.71. The van der Waals surface area contributed by atoms with Crippen molar-refractivity contribution < 1.29 is 27.9 Å². The molecule has 8 nitrogen and oxygen atoms in total. The van der Waals surface area contributed by atoms with Crippen molar-refractivity contribution in [2.75, 3.05) is 31.9 Å². The largest absolute Gasteiger partial charge is 0.479 e. The zero-order chi connectivity index (χ0) is 16.2. The monoisotopic (exact) mass is 322 g/mol. The Bertz CT molecular complexity index is 488. The van der Waals surface area contributed by atoms with Crippen LogP contribution >= 0.6 is 0 Å².